The Morgan fingerprint density at radius 3 is 2.55 bits per heavy atom. The molecule has 0 spiro atoms. The molecular weight excluding hydrogens is 363 g/mol. The molecule has 0 aliphatic carbocycles. The van der Waals surface area contributed by atoms with Crippen LogP contribution in [0.1, 0.15) is 19.8 Å². The average Bonchev–Trinajstić information content (AvgIpc) is 3.18. The minimum Gasteiger partial charge on any atom is -0.356 e. The fourth-order valence-electron chi connectivity index (χ4n) is 4.13. The van der Waals surface area contributed by atoms with Gasteiger partial charge in [-0.2, -0.15) is 9.61 Å². The maximum Gasteiger partial charge on any atom is 0.158 e. The minimum absolute atomic E-state index is 0.262. The summed E-state index contributed by atoms with van der Waals surface area (Å²) in [4.78, 5) is 7.27. The molecule has 3 heterocycles. The van der Waals surface area contributed by atoms with Crippen LogP contribution >= 0.6 is 0 Å². The van der Waals surface area contributed by atoms with Crippen LogP contribution in [-0.4, -0.2) is 27.7 Å². The van der Waals surface area contributed by atoms with Gasteiger partial charge in [-0.1, -0.05) is 49.4 Å². The molecule has 29 heavy (non-hydrogen) atoms. The number of benzene rings is 2. The molecule has 0 amide bonds. The predicted molar refractivity (Wildman–Crippen MR) is 114 cm³/mol. The number of hydrogen-bond acceptors (Lipinski definition) is 3. The van der Waals surface area contributed by atoms with E-state index < -0.39 is 0 Å². The maximum absolute atomic E-state index is 13.7. The van der Waals surface area contributed by atoms with Crippen LogP contribution in [0.4, 0.5) is 10.2 Å². The first-order valence-electron chi connectivity index (χ1n) is 10.1. The van der Waals surface area contributed by atoms with Crippen LogP contribution < -0.4 is 4.90 Å². The Bertz CT molecular complexity index is 1150. The number of nitrogens with zero attached hydrogens (tertiary/aromatic N) is 4. The first-order valence-corrected chi connectivity index (χ1v) is 10.1. The van der Waals surface area contributed by atoms with Gasteiger partial charge >= 0.3 is 0 Å². The first-order chi connectivity index (χ1) is 14.2. The van der Waals surface area contributed by atoms with Crippen molar-refractivity contribution >= 4 is 11.5 Å². The van der Waals surface area contributed by atoms with Crippen molar-refractivity contribution in [1.82, 2.24) is 14.6 Å². The lowest BCUT2D eigenvalue weighted by atomic mass is 10.0. The number of piperidine rings is 1. The van der Waals surface area contributed by atoms with E-state index in [0.29, 0.717) is 5.92 Å². The van der Waals surface area contributed by atoms with Crippen LogP contribution in [0.3, 0.4) is 0 Å². The number of halogens is 1. The highest BCUT2D eigenvalue weighted by Gasteiger charge is 2.21. The minimum atomic E-state index is -0.262. The van der Waals surface area contributed by atoms with Gasteiger partial charge in [0.15, 0.2) is 5.65 Å². The predicted octanol–water partition coefficient (Wildman–Crippen LogP) is 5.44. The Morgan fingerprint density at radius 1 is 0.931 bits per heavy atom. The molecule has 5 heteroatoms. The van der Waals surface area contributed by atoms with E-state index >= 15 is 0 Å². The van der Waals surface area contributed by atoms with E-state index in [4.69, 9.17) is 10.1 Å². The van der Waals surface area contributed by atoms with E-state index in [0.717, 1.165) is 47.1 Å². The van der Waals surface area contributed by atoms with Gasteiger partial charge in [0.25, 0.3) is 0 Å². The lowest BCUT2D eigenvalue weighted by Gasteiger charge is -2.32. The van der Waals surface area contributed by atoms with Crippen LogP contribution in [-0.2, 0) is 0 Å². The SMILES string of the molecule is C[C@@H]1CCCN(c2cc(-c3ccccc3)nc3cc(-c4cccc(F)c4)nn23)C1. The Hall–Kier alpha value is -3.21. The summed E-state index contributed by atoms with van der Waals surface area (Å²) in [6.07, 6.45) is 2.42. The van der Waals surface area contributed by atoms with E-state index in [-0.39, 0.29) is 5.82 Å². The van der Waals surface area contributed by atoms with Crippen molar-refractivity contribution < 1.29 is 4.39 Å². The molecule has 146 valence electrons. The van der Waals surface area contributed by atoms with Crippen LogP contribution in [0.5, 0.6) is 0 Å². The third kappa shape index (κ3) is 3.48. The molecule has 1 saturated heterocycles. The van der Waals surface area contributed by atoms with E-state index in [1.54, 1.807) is 6.07 Å². The highest BCUT2D eigenvalue weighted by Crippen LogP contribution is 2.30. The molecule has 1 fully saturated rings. The molecule has 1 aliphatic heterocycles. The van der Waals surface area contributed by atoms with Crippen molar-refractivity contribution in [2.24, 2.45) is 5.92 Å². The lowest BCUT2D eigenvalue weighted by molar-refractivity contribution is 0.442. The summed E-state index contributed by atoms with van der Waals surface area (Å²) >= 11 is 0. The zero-order valence-electron chi connectivity index (χ0n) is 16.4. The Labute approximate surface area is 169 Å². The second kappa shape index (κ2) is 7.32. The molecule has 0 radical (unpaired) electrons. The maximum atomic E-state index is 13.7. The zero-order valence-corrected chi connectivity index (χ0v) is 16.4. The molecule has 0 unspecified atom stereocenters. The van der Waals surface area contributed by atoms with Crippen molar-refractivity contribution in [1.29, 1.82) is 0 Å². The quantitative estimate of drug-likeness (QED) is 0.470. The number of anilines is 1. The van der Waals surface area contributed by atoms with E-state index in [9.17, 15) is 4.39 Å². The van der Waals surface area contributed by atoms with Crippen LogP contribution in [0.25, 0.3) is 28.2 Å². The molecule has 5 rings (SSSR count). The highest BCUT2D eigenvalue weighted by atomic mass is 19.1. The van der Waals surface area contributed by atoms with Gasteiger partial charge < -0.3 is 4.90 Å². The zero-order chi connectivity index (χ0) is 19.8. The molecule has 1 atom stereocenters. The Kier molecular flexibility index (Phi) is 4.51. The van der Waals surface area contributed by atoms with Crippen LogP contribution in [0.2, 0.25) is 0 Å². The monoisotopic (exact) mass is 386 g/mol. The Morgan fingerprint density at radius 2 is 1.76 bits per heavy atom. The summed E-state index contributed by atoms with van der Waals surface area (Å²) in [5.74, 6) is 1.43. The fraction of sp³-hybridized carbons (Fsp3) is 0.250. The van der Waals surface area contributed by atoms with Gasteiger partial charge in [-0.3, -0.25) is 0 Å². The molecule has 0 N–H and O–H groups in total. The third-order valence-corrected chi connectivity index (χ3v) is 5.58. The molecule has 2 aromatic heterocycles. The summed E-state index contributed by atoms with van der Waals surface area (Å²) in [6, 6.07) is 20.8. The van der Waals surface area contributed by atoms with Crippen molar-refractivity contribution in [2.75, 3.05) is 18.0 Å². The van der Waals surface area contributed by atoms with E-state index in [1.807, 2.05) is 34.8 Å². The largest absolute Gasteiger partial charge is 0.356 e. The van der Waals surface area contributed by atoms with Crippen LogP contribution in [0.15, 0.2) is 66.7 Å². The normalized spacial score (nSPS) is 17.0. The molecular formula is C24H23FN4. The van der Waals surface area contributed by atoms with Gasteiger partial charge in [-0.05, 0) is 30.9 Å². The summed E-state index contributed by atoms with van der Waals surface area (Å²) < 4.78 is 15.7. The summed E-state index contributed by atoms with van der Waals surface area (Å²) in [7, 11) is 0. The second-order valence-electron chi connectivity index (χ2n) is 7.87. The van der Waals surface area contributed by atoms with Gasteiger partial charge in [0.05, 0.1) is 11.4 Å². The highest BCUT2D eigenvalue weighted by molar-refractivity contribution is 5.71. The van der Waals surface area contributed by atoms with Crippen molar-refractivity contribution in [2.45, 2.75) is 19.8 Å². The Balaban J connectivity index is 1.69. The lowest BCUT2D eigenvalue weighted by Crippen LogP contribution is -2.35. The number of hydrogen-bond donors (Lipinski definition) is 0. The van der Waals surface area contributed by atoms with Gasteiger partial charge in [0, 0.05) is 36.3 Å². The van der Waals surface area contributed by atoms with E-state index in [2.05, 4.69) is 30.0 Å². The third-order valence-electron chi connectivity index (χ3n) is 5.58. The van der Waals surface area contributed by atoms with Crippen molar-refractivity contribution in [3.63, 3.8) is 0 Å². The fourth-order valence-corrected chi connectivity index (χ4v) is 4.13. The van der Waals surface area contributed by atoms with Crippen LogP contribution in [0, 0.1) is 11.7 Å². The van der Waals surface area contributed by atoms with Gasteiger partial charge in [0.2, 0.25) is 0 Å². The summed E-state index contributed by atoms with van der Waals surface area (Å²) in [5, 5.41) is 4.80. The number of rotatable bonds is 3. The number of fused-ring (bicyclic) bond motifs is 1. The first kappa shape index (κ1) is 17.9. The smallest absolute Gasteiger partial charge is 0.158 e. The average molecular weight is 386 g/mol. The molecule has 0 saturated carbocycles. The molecule has 4 aromatic rings. The van der Waals surface area contributed by atoms with E-state index in [1.165, 1.54) is 25.0 Å². The number of aromatic nitrogens is 3. The van der Waals surface area contributed by atoms with Crippen molar-refractivity contribution in [3.05, 3.63) is 72.5 Å². The standard InChI is InChI=1S/C24H23FN4/c1-17-7-6-12-28(16-17)24-15-21(18-8-3-2-4-9-18)26-23-14-22(27-29(23)24)19-10-5-11-20(25)13-19/h2-5,8-11,13-15,17H,6-7,12,16H2,1H3/t17-/m1/s1. The van der Waals surface area contributed by atoms with Gasteiger partial charge in [-0.25, -0.2) is 9.37 Å². The summed E-state index contributed by atoms with van der Waals surface area (Å²) in [6.45, 7) is 4.30. The van der Waals surface area contributed by atoms with Gasteiger partial charge in [-0.15, -0.1) is 0 Å². The summed E-state index contributed by atoms with van der Waals surface area (Å²) in [5.41, 5.74) is 4.27. The molecule has 1 aliphatic rings. The van der Waals surface area contributed by atoms with Crippen molar-refractivity contribution in [3.8, 4) is 22.5 Å². The van der Waals surface area contributed by atoms with Gasteiger partial charge in [0.1, 0.15) is 11.6 Å². The topological polar surface area (TPSA) is 33.4 Å². The second-order valence-corrected chi connectivity index (χ2v) is 7.87. The molecule has 0 bridgehead atoms. The molecule has 4 nitrogen and oxygen atoms in total. The molecule has 2 aromatic carbocycles.